The highest BCUT2D eigenvalue weighted by molar-refractivity contribution is 4.99. The van der Waals surface area contributed by atoms with Crippen LogP contribution in [0.5, 0.6) is 0 Å². The highest BCUT2D eigenvalue weighted by Crippen LogP contribution is 2.35. The summed E-state index contributed by atoms with van der Waals surface area (Å²) in [5.74, 6) is 0. The summed E-state index contributed by atoms with van der Waals surface area (Å²) in [5, 5.41) is 0. The molecule has 0 aliphatic carbocycles. The molecule has 106 valence electrons. The number of hydrogen-bond acceptors (Lipinski definition) is 4. The minimum Gasteiger partial charge on any atom is -0.375 e. The molecule has 4 nitrogen and oxygen atoms in total. The van der Waals surface area contributed by atoms with Crippen molar-refractivity contribution in [1.29, 1.82) is 0 Å². The molecule has 4 heteroatoms. The maximum Gasteiger partial charge on any atom is 0.0678 e. The van der Waals surface area contributed by atoms with Gasteiger partial charge < -0.3 is 15.2 Å². The molecule has 0 spiro atoms. The molecule has 0 radical (unpaired) electrons. The first kappa shape index (κ1) is 14.3. The molecule has 18 heavy (non-hydrogen) atoms. The summed E-state index contributed by atoms with van der Waals surface area (Å²) in [6.45, 7) is 11.3. The molecule has 0 bridgehead atoms. The zero-order valence-electron chi connectivity index (χ0n) is 12.2. The first-order valence-electron chi connectivity index (χ1n) is 7.21. The van der Waals surface area contributed by atoms with Crippen LogP contribution in [-0.2, 0) is 9.47 Å². The van der Waals surface area contributed by atoms with Crippen LogP contribution in [0, 0.1) is 0 Å². The van der Waals surface area contributed by atoms with Crippen molar-refractivity contribution in [1.82, 2.24) is 4.90 Å². The van der Waals surface area contributed by atoms with Crippen molar-refractivity contribution in [2.75, 3.05) is 19.6 Å². The Morgan fingerprint density at radius 1 is 0.944 bits per heavy atom. The van der Waals surface area contributed by atoms with Gasteiger partial charge in [0.2, 0.25) is 0 Å². The second-order valence-corrected chi connectivity index (χ2v) is 6.26. The molecule has 0 amide bonds. The third kappa shape index (κ3) is 2.87. The number of nitrogens with two attached hydrogens (primary N) is 1. The predicted octanol–water partition coefficient (Wildman–Crippen LogP) is 1.38. The lowest BCUT2D eigenvalue weighted by Gasteiger charge is -2.52. The van der Waals surface area contributed by atoms with Crippen LogP contribution in [0.2, 0.25) is 0 Å². The minimum atomic E-state index is 0.101. The fourth-order valence-corrected chi connectivity index (χ4v) is 3.77. The molecule has 2 aliphatic rings. The van der Waals surface area contributed by atoms with E-state index in [0.717, 1.165) is 25.9 Å². The van der Waals surface area contributed by atoms with E-state index in [1.165, 1.54) is 0 Å². The largest absolute Gasteiger partial charge is 0.375 e. The monoisotopic (exact) mass is 256 g/mol. The van der Waals surface area contributed by atoms with E-state index >= 15 is 0 Å². The minimum absolute atomic E-state index is 0.101. The summed E-state index contributed by atoms with van der Waals surface area (Å²) in [5.41, 5.74) is 6.25. The number of ether oxygens (including phenoxy) is 2. The SMILES string of the molecule is CC1CC(CN)(N2C[C@@H](C)O[C@@H](C)C2)CC(C)O1. The van der Waals surface area contributed by atoms with Crippen molar-refractivity contribution in [3.05, 3.63) is 0 Å². The molecule has 2 aliphatic heterocycles. The second-order valence-electron chi connectivity index (χ2n) is 6.26. The van der Waals surface area contributed by atoms with Crippen molar-refractivity contribution in [3.63, 3.8) is 0 Å². The average Bonchev–Trinajstić information content (AvgIpc) is 2.26. The van der Waals surface area contributed by atoms with Crippen LogP contribution in [0.4, 0.5) is 0 Å². The molecule has 0 aromatic carbocycles. The van der Waals surface area contributed by atoms with Gasteiger partial charge in [0.1, 0.15) is 0 Å². The van der Waals surface area contributed by atoms with E-state index in [1.54, 1.807) is 0 Å². The maximum atomic E-state index is 6.15. The van der Waals surface area contributed by atoms with E-state index in [9.17, 15) is 0 Å². The Kier molecular flexibility index (Phi) is 4.32. The molecule has 2 unspecified atom stereocenters. The smallest absolute Gasteiger partial charge is 0.0678 e. The van der Waals surface area contributed by atoms with Crippen LogP contribution < -0.4 is 5.73 Å². The van der Waals surface area contributed by atoms with Crippen LogP contribution in [0.1, 0.15) is 40.5 Å². The molecule has 2 saturated heterocycles. The van der Waals surface area contributed by atoms with Gasteiger partial charge >= 0.3 is 0 Å². The number of nitrogens with zero attached hydrogens (tertiary/aromatic N) is 1. The molecule has 2 rings (SSSR count). The molecular formula is C14H28N2O2. The van der Waals surface area contributed by atoms with Gasteiger partial charge in [-0.1, -0.05) is 0 Å². The zero-order chi connectivity index (χ0) is 13.3. The van der Waals surface area contributed by atoms with E-state index in [-0.39, 0.29) is 5.54 Å². The van der Waals surface area contributed by atoms with E-state index < -0.39 is 0 Å². The quantitative estimate of drug-likeness (QED) is 0.811. The van der Waals surface area contributed by atoms with Gasteiger partial charge in [-0.25, -0.2) is 0 Å². The Morgan fingerprint density at radius 3 is 1.83 bits per heavy atom. The lowest BCUT2D eigenvalue weighted by Crippen LogP contribution is -2.64. The Balaban J connectivity index is 2.15. The van der Waals surface area contributed by atoms with Crippen molar-refractivity contribution < 1.29 is 9.47 Å². The number of hydrogen-bond donors (Lipinski definition) is 1. The number of rotatable bonds is 2. The van der Waals surface area contributed by atoms with Gasteiger partial charge in [-0.15, -0.1) is 0 Å². The topological polar surface area (TPSA) is 47.7 Å². The van der Waals surface area contributed by atoms with Gasteiger partial charge in [0.15, 0.2) is 0 Å². The van der Waals surface area contributed by atoms with Crippen molar-refractivity contribution in [2.24, 2.45) is 5.73 Å². The summed E-state index contributed by atoms with van der Waals surface area (Å²) in [6, 6.07) is 0. The Morgan fingerprint density at radius 2 is 1.39 bits per heavy atom. The van der Waals surface area contributed by atoms with Gasteiger partial charge in [0.05, 0.1) is 24.4 Å². The van der Waals surface area contributed by atoms with Crippen LogP contribution in [0.3, 0.4) is 0 Å². The van der Waals surface area contributed by atoms with Gasteiger partial charge in [-0.2, -0.15) is 0 Å². The van der Waals surface area contributed by atoms with E-state index in [0.29, 0.717) is 31.0 Å². The third-order valence-electron chi connectivity index (χ3n) is 4.27. The van der Waals surface area contributed by atoms with Crippen LogP contribution in [0.15, 0.2) is 0 Å². The summed E-state index contributed by atoms with van der Waals surface area (Å²) in [4.78, 5) is 2.56. The summed E-state index contributed by atoms with van der Waals surface area (Å²) in [6.07, 6.45) is 3.26. The van der Waals surface area contributed by atoms with Crippen LogP contribution in [-0.4, -0.2) is 54.5 Å². The Hall–Kier alpha value is -0.160. The van der Waals surface area contributed by atoms with Gasteiger partial charge in [0, 0.05) is 25.2 Å². The van der Waals surface area contributed by atoms with Gasteiger partial charge in [0.25, 0.3) is 0 Å². The number of morpholine rings is 1. The second kappa shape index (κ2) is 5.45. The average molecular weight is 256 g/mol. The highest BCUT2D eigenvalue weighted by atomic mass is 16.5. The molecule has 2 fully saturated rings. The van der Waals surface area contributed by atoms with Crippen LogP contribution >= 0.6 is 0 Å². The first-order chi connectivity index (χ1) is 8.45. The Bertz CT molecular complexity index is 265. The maximum absolute atomic E-state index is 6.15. The van der Waals surface area contributed by atoms with Crippen LogP contribution in [0.25, 0.3) is 0 Å². The Labute approximate surface area is 111 Å². The van der Waals surface area contributed by atoms with Gasteiger partial charge in [-0.3, -0.25) is 4.90 Å². The fourth-order valence-electron chi connectivity index (χ4n) is 3.77. The van der Waals surface area contributed by atoms with Crippen molar-refractivity contribution in [2.45, 2.75) is 70.5 Å². The molecular weight excluding hydrogens is 228 g/mol. The molecule has 4 atom stereocenters. The zero-order valence-corrected chi connectivity index (χ0v) is 12.2. The fraction of sp³-hybridized carbons (Fsp3) is 1.00. The standard InChI is InChI=1S/C14H28N2O2/c1-10-5-14(9-15,6-11(2)17-10)16-7-12(3)18-13(4)8-16/h10-13H,5-9,15H2,1-4H3/t10?,11?,12-,13+,14?. The third-order valence-corrected chi connectivity index (χ3v) is 4.27. The van der Waals surface area contributed by atoms with Crippen molar-refractivity contribution >= 4 is 0 Å². The van der Waals surface area contributed by atoms with E-state index in [2.05, 4.69) is 32.6 Å². The lowest BCUT2D eigenvalue weighted by atomic mass is 9.81. The molecule has 2 heterocycles. The molecule has 0 aromatic heterocycles. The first-order valence-corrected chi connectivity index (χ1v) is 7.21. The van der Waals surface area contributed by atoms with E-state index in [4.69, 9.17) is 15.2 Å². The molecule has 0 aromatic rings. The molecule has 0 saturated carbocycles. The predicted molar refractivity (Wildman–Crippen MR) is 72.6 cm³/mol. The highest BCUT2D eigenvalue weighted by Gasteiger charge is 2.44. The summed E-state index contributed by atoms with van der Waals surface area (Å²) in [7, 11) is 0. The lowest BCUT2D eigenvalue weighted by molar-refractivity contribution is -0.148. The normalized spacial score (nSPS) is 47.2. The summed E-state index contributed by atoms with van der Waals surface area (Å²) < 4.78 is 11.7. The molecule has 2 N–H and O–H groups in total. The van der Waals surface area contributed by atoms with E-state index in [1.807, 2.05) is 0 Å². The van der Waals surface area contributed by atoms with Crippen molar-refractivity contribution in [3.8, 4) is 0 Å². The van der Waals surface area contributed by atoms with Gasteiger partial charge in [-0.05, 0) is 40.5 Å². The summed E-state index contributed by atoms with van der Waals surface area (Å²) >= 11 is 0.